The van der Waals surface area contributed by atoms with Crippen molar-refractivity contribution in [3.8, 4) is 0 Å². The smallest absolute Gasteiger partial charge is 0.233 e. The summed E-state index contributed by atoms with van der Waals surface area (Å²) < 4.78 is 39.6. The molecule has 1 aromatic rings. The fourth-order valence-electron chi connectivity index (χ4n) is 2.21. The van der Waals surface area contributed by atoms with Crippen molar-refractivity contribution in [2.45, 2.75) is 6.92 Å². The third-order valence-electron chi connectivity index (χ3n) is 3.20. The summed E-state index contributed by atoms with van der Waals surface area (Å²) in [6.45, 7) is 5.70. The van der Waals surface area contributed by atoms with Gasteiger partial charge in [-0.1, -0.05) is 0 Å². The number of anilines is 1. The van der Waals surface area contributed by atoms with E-state index in [4.69, 9.17) is 0 Å². The number of hydrogen-bond donors (Lipinski definition) is 2. The van der Waals surface area contributed by atoms with Crippen molar-refractivity contribution in [1.82, 2.24) is 10.2 Å². The zero-order chi connectivity index (χ0) is 14.6. The summed E-state index contributed by atoms with van der Waals surface area (Å²) in [5, 5.41) is 3.22. The number of aryl methyl sites for hydroxylation is 1. The van der Waals surface area contributed by atoms with Crippen LogP contribution in [-0.2, 0) is 10.0 Å². The first-order chi connectivity index (χ1) is 9.44. The third kappa shape index (κ3) is 4.73. The first-order valence-electron chi connectivity index (χ1n) is 6.65. The van der Waals surface area contributed by atoms with E-state index in [0.29, 0.717) is 12.1 Å². The zero-order valence-electron chi connectivity index (χ0n) is 11.5. The van der Waals surface area contributed by atoms with Gasteiger partial charge in [-0.25, -0.2) is 12.8 Å². The molecular formula is C13H20FN3O2S. The summed E-state index contributed by atoms with van der Waals surface area (Å²) in [5.41, 5.74) is 0.965. The van der Waals surface area contributed by atoms with Crippen molar-refractivity contribution in [2.24, 2.45) is 0 Å². The second-order valence-corrected chi connectivity index (χ2v) is 6.87. The molecule has 0 radical (unpaired) electrons. The number of piperazine rings is 1. The second-order valence-electron chi connectivity index (χ2n) is 5.03. The number of benzene rings is 1. The van der Waals surface area contributed by atoms with E-state index in [1.807, 2.05) is 0 Å². The van der Waals surface area contributed by atoms with E-state index in [9.17, 15) is 12.8 Å². The summed E-state index contributed by atoms with van der Waals surface area (Å²) in [6.07, 6.45) is 0. The van der Waals surface area contributed by atoms with E-state index in [-0.39, 0.29) is 11.4 Å². The van der Waals surface area contributed by atoms with Crippen LogP contribution in [0.15, 0.2) is 18.2 Å². The molecule has 0 amide bonds. The van der Waals surface area contributed by atoms with E-state index >= 15 is 0 Å². The lowest BCUT2D eigenvalue weighted by Gasteiger charge is -2.26. The van der Waals surface area contributed by atoms with E-state index in [1.165, 1.54) is 12.1 Å². The second kappa shape index (κ2) is 6.51. The van der Waals surface area contributed by atoms with Crippen LogP contribution < -0.4 is 10.0 Å². The van der Waals surface area contributed by atoms with Crippen molar-refractivity contribution in [1.29, 1.82) is 0 Å². The highest BCUT2D eigenvalue weighted by atomic mass is 32.2. The molecule has 1 aliphatic rings. The third-order valence-corrected chi connectivity index (χ3v) is 4.47. The molecule has 0 aliphatic carbocycles. The Labute approximate surface area is 119 Å². The van der Waals surface area contributed by atoms with Gasteiger partial charge in [0.15, 0.2) is 0 Å². The number of sulfonamides is 1. The van der Waals surface area contributed by atoms with Crippen LogP contribution >= 0.6 is 0 Å². The van der Waals surface area contributed by atoms with Gasteiger partial charge in [0.1, 0.15) is 5.82 Å². The van der Waals surface area contributed by atoms with Crippen LogP contribution in [0.25, 0.3) is 0 Å². The average Bonchev–Trinajstić information content (AvgIpc) is 2.36. The van der Waals surface area contributed by atoms with Crippen LogP contribution in [0.3, 0.4) is 0 Å². The van der Waals surface area contributed by atoms with Gasteiger partial charge in [0, 0.05) is 32.7 Å². The van der Waals surface area contributed by atoms with Crippen LogP contribution in [0.1, 0.15) is 5.56 Å². The van der Waals surface area contributed by atoms with E-state index < -0.39 is 15.8 Å². The predicted octanol–water partition coefficient (Wildman–Crippen LogP) is 0.781. The Kier molecular flexibility index (Phi) is 4.95. The van der Waals surface area contributed by atoms with Gasteiger partial charge in [0.2, 0.25) is 10.0 Å². The molecule has 1 fully saturated rings. The predicted molar refractivity (Wildman–Crippen MR) is 77.9 cm³/mol. The number of nitrogens with one attached hydrogen (secondary N) is 2. The van der Waals surface area contributed by atoms with Gasteiger partial charge in [-0.2, -0.15) is 0 Å². The SMILES string of the molecule is Cc1cc(F)cc(NS(=O)(=O)CCN2CCNCC2)c1. The van der Waals surface area contributed by atoms with Gasteiger partial charge in [-0.15, -0.1) is 0 Å². The molecule has 5 nitrogen and oxygen atoms in total. The maximum atomic E-state index is 13.2. The Morgan fingerprint density at radius 3 is 2.65 bits per heavy atom. The van der Waals surface area contributed by atoms with Crippen LogP contribution in [0.4, 0.5) is 10.1 Å². The Hall–Kier alpha value is -1.18. The molecule has 2 N–H and O–H groups in total. The Balaban J connectivity index is 1.92. The molecule has 1 aromatic carbocycles. The summed E-state index contributed by atoms with van der Waals surface area (Å²) in [7, 11) is -3.45. The van der Waals surface area contributed by atoms with Crippen molar-refractivity contribution >= 4 is 15.7 Å². The molecule has 0 bridgehead atoms. The van der Waals surface area contributed by atoms with Gasteiger partial charge < -0.3 is 5.32 Å². The van der Waals surface area contributed by atoms with Crippen molar-refractivity contribution in [3.63, 3.8) is 0 Å². The highest BCUT2D eigenvalue weighted by Gasteiger charge is 2.15. The van der Waals surface area contributed by atoms with Gasteiger partial charge in [0.05, 0.1) is 11.4 Å². The van der Waals surface area contributed by atoms with Gasteiger partial charge in [0.25, 0.3) is 0 Å². The fourth-order valence-corrected chi connectivity index (χ4v) is 3.29. The minimum Gasteiger partial charge on any atom is -0.314 e. The lowest BCUT2D eigenvalue weighted by Crippen LogP contribution is -2.45. The molecule has 20 heavy (non-hydrogen) atoms. The number of nitrogens with zero attached hydrogens (tertiary/aromatic N) is 1. The fraction of sp³-hybridized carbons (Fsp3) is 0.538. The van der Waals surface area contributed by atoms with E-state index in [2.05, 4.69) is 14.9 Å². The molecule has 1 heterocycles. The normalized spacial score (nSPS) is 17.1. The first-order valence-corrected chi connectivity index (χ1v) is 8.31. The molecule has 0 unspecified atom stereocenters. The van der Waals surface area contributed by atoms with Crippen LogP contribution in [0, 0.1) is 12.7 Å². The number of halogens is 1. The minimum absolute atomic E-state index is 0.0164. The van der Waals surface area contributed by atoms with Crippen molar-refractivity contribution < 1.29 is 12.8 Å². The van der Waals surface area contributed by atoms with E-state index in [0.717, 1.165) is 26.2 Å². The molecule has 1 saturated heterocycles. The van der Waals surface area contributed by atoms with Crippen LogP contribution in [0.5, 0.6) is 0 Å². The van der Waals surface area contributed by atoms with Crippen LogP contribution in [-0.4, -0.2) is 51.8 Å². The topological polar surface area (TPSA) is 61.4 Å². The van der Waals surface area contributed by atoms with Gasteiger partial charge >= 0.3 is 0 Å². The van der Waals surface area contributed by atoms with Crippen molar-refractivity contribution in [2.75, 3.05) is 43.2 Å². The maximum Gasteiger partial charge on any atom is 0.233 e. The van der Waals surface area contributed by atoms with Crippen LogP contribution in [0.2, 0.25) is 0 Å². The van der Waals surface area contributed by atoms with Gasteiger partial charge in [-0.3, -0.25) is 9.62 Å². The summed E-state index contributed by atoms with van der Waals surface area (Å²) in [5.74, 6) is -0.424. The van der Waals surface area contributed by atoms with Gasteiger partial charge in [-0.05, 0) is 30.7 Å². The first kappa shape index (κ1) is 15.2. The largest absolute Gasteiger partial charge is 0.314 e. The van der Waals surface area contributed by atoms with Crippen molar-refractivity contribution in [3.05, 3.63) is 29.6 Å². The average molecular weight is 301 g/mol. The van der Waals surface area contributed by atoms with E-state index in [1.54, 1.807) is 13.0 Å². The Bertz CT molecular complexity index is 536. The number of hydrogen-bond acceptors (Lipinski definition) is 4. The molecule has 7 heteroatoms. The molecule has 2 rings (SSSR count). The maximum absolute atomic E-state index is 13.2. The molecular weight excluding hydrogens is 281 g/mol. The number of rotatable bonds is 5. The Morgan fingerprint density at radius 2 is 2.00 bits per heavy atom. The summed E-state index contributed by atoms with van der Waals surface area (Å²) in [6, 6.07) is 4.17. The quantitative estimate of drug-likeness (QED) is 0.844. The standard InChI is InChI=1S/C13H20FN3O2S/c1-11-8-12(14)10-13(9-11)16-20(18,19)7-6-17-4-2-15-3-5-17/h8-10,15-16H,2-7H2,1H3. The highest BCUT2D eigenvalue weighted by Crippen LogP contribution is 2.14. The molecule has 112 valence electrons. The summed E-state index contributed by atoms with van der Waals surface area (Å²) in [4.78, 5) is 2.10. The molecule has 0 atom stereocenters. The lowest BCUT2D eigenvalue weighted by molar-refractivity contribution is 0.254. The molecule has 0 spiro atoms. The highest BCUT2D eigenvalue weighted by molar-refractivity contribution is 7.92. The lowest BCUT2D eigenvalue weighted by atomic mass is 10.2. The molecule has 0 saturated carbocycles. The molecule has 0 aromatic heterocycles. The summed E-state index contributed by atoms with van der Waals surface area (Å²) >= 11 is 0. The zero-order valence-corrected chi connectivity index (χ0v) is 12.3. The molecule has 1 aliphatic heterocycles. The Morgan fingerprint density at radius 1 is 1.30 bits per heavy atom. The monoisotopic (exact) mass is 301 g/mol. The minimum atomic E-state index is -3.45.